The fourth-order valence-electron chi connectivity index (χ4n) is 4.04. The summed E-state index contributed by atoms with van der Waals surface area (Å²) < 4.78 is 16.2. The van der Waals surface area contributed by atoms with Crippen molar-refractivity contribution in [3.63, 3.8) is 0 Å². The van der Waals surface area contributed by atoms with Gasteiger partial charge in [0.15, 0.2) is 6.61 Å². The van der Waals surface area contributed by atoms with Gasteiger partial charge in [-0.05, 0) is 61.4 Å². The molecule has 2 aromatic carbocycles. The van der Waals surface area contributed by atoms with Crippen LogP contribution in [0.5, 0.6) is 11.5 Å². The highest BCUT2D eigenvalue weighted by atomic mass is 16.5. The first kappa shape index (κ1) is 23.6. The third kappa shape index (κ3) is 6.05. The van der Waals surface area contributed by atoms with Gasteiger partial charge in [-0.25, -0.2) is 0 Å². The summed E-state index contributed by atoms with van der Waals surface area (Å²) in [5.41, 5.74) is 1.33. The lowest BCUT2D eigenvalue weighted by atomic mass is 10.1. The molecule has 0 spiro atoms. The zero-order valence-corrected chi connectivity index (χ0v) is 19.1. The largest absolute Gasteiger partial charge is 0.497 e. The van der Waals surface area contributed by atoms with Crippen molar-refractivity contribution in [2.45, 2.75) is 25.4 Å². The third-order valence-corrected chi connectivity index (χ3v) is 5.92. The Labute approximate surface area is 198 Å². The summed E-state index contributed by atoms with van der Waals surface area (Å²) in [6.07, 6.45) is 2.22. The summed E-state index contributed by atoms with van der Waals surface area (Å²) in [4.78, 5) is 38.7. The number of methoxy groups -OCH3 is 1. The zero-order chi connectivity index (χ0) is 23.9. The van der Waals surface area contributed by atoms with Gasteiger partial charge in [0.05, 0.1) is 19.1 Å². The van der Waals surface area contributed by atoms with Crippen molar-refractivity contribution in [1.82, 2.24) is 5.32 Å². The molecule has 3 amide bonds. The number of hydrogen-bond acceptors (Lipinski definition) is 6. The molecule has 0 aliphatic carbocycles. The molecule has 0 bridgehead atoms. The molecule has 2 atom stereocenters. The molecule has 2 N–H and O–H groups in total. The molecule has 2 aromatic rings. The first-order valence-electron chi connectivity index (χ1n) is 11.4. The summed E-state index contributed by atoms with van der Waals surface area (Å²) in [5, 5.41) is 5.66. The molecular weight excluding hydrogens is 438 g/mol. The highest BCUT2D eigenvalue weighted by Crippen LogP contribution is 2.27. The minimum Gasteiger partial charge on any atom is -0.497 e. The maximum Gasteiger partial charge on any atom is 0.262 e. The van der Waals surface area contributed by atoms with Gasteiger partial charge in [0.2, 0.25) is 11.8 Å². The predicted molar refractivity (Wildman–Crippen MR) is 126 cm³/mol. The fraction of sp³-hybridized carbons (Fsp3) is 0.400. The van der Waals surface area contributed by atoms with E-state index in [1.54, 1.807) is 60.5 Å². The van der Waals surface area contributed by atoms with Crippen LogP contribution in [-0.2, 0) is 19.1 Å². The number of nitrogens with zero attached hydrogens (tertiary/aromatic N) is 1. The normalized spacial score (nSPS) is 19.7. The van der Waals surface area contributed by atoms with E-state index in [2.05, 4.69) is 10.6 Å². The van der Waals surface area contributed by atoms with Gasteiger partial charge in [0.25, 0.3) is 5.91 Å². The number of hydrogen-bond donors (Lipinski definition) is 2. The van der Waals surface area contributed by atoms with Crippen molar-refractivity contribution in [2.75, 3.05) is 43.6 Å². The van der Waals surface area contributed by atoms with Crippen LogP contribution < -0.4 is 25.0 Å². The molecule has 34 heavy (non-hydrogen) atoms. The van der Waals surface area contributed by atoms with Gasteiger partial charge in [-0.2, -0.15) is 0 Å². The number of carbonyl (C=O) groups is 3. The van der Waals surface area contributed by atoms with Crippen molar-refractivity contribution in [3.8, 4) is 11.5 Å². The van der Waals surface area contributed by atoms with E-state index < -0.39 is 0 Å². The summed E-state index contributed by atoms with van der Waals surface area (Å²) in [7, 11) is 1.58. The van der Waals surface area contributed by atoms with E-state index in [9.17, 15) is 14.4 Å². The number of ether oxygens (including phenoxy) is 3. The Bertz CT molecular complexity index is 1000. The summed E-state index contributed by atoms with van der Waals surface area (Å²) in [5.74, 6) is 0.328. The second-order valence-electron chi connectivity index (χ2n) is 8.34. The van der Waals surface area contributed by atoms with E-state index in [1.165, 1.54) is 0 Å². The van der Waals surface area contributed by atoms with Crippen LogP contribution in [0.2, 0.25) is 0 Å². The molecule has 2 aliphatic heterocycles. The molecule has 4 rings (SSSR count). The first-order valence-corrected chi connectivity index (χ1v) is 11.4. The molecule has 180 valence electrons. The van der Waals surface area contributed by atoms with Gasteiger partial charge >= 0.3 is 0 Å². The Morgan fingerprint density at radius 3 is 2.50 bits per heavy atom. The molecule has 2 fully saturated rings. The highest BCUT2D eigenvalue weighted by molar-refractivity contribution is 6.00. The molecule has 2 saturated heterocycles. The van der Waals surface area contributed by atoms with Crippen LogP contribution >= 0.6 is 0 Å². The number of benzene rings is 2. The highest BCUT2D eigenvalue weighted by Gasteiger charge is 2.35. The smallest absolute Gasteiger partial charge is 0.262 e. The average Bonchev–Trinajstić information content (AvgIpc) is 3.52. The van der Waals surface area contributed by atoms with Gasteiger partial charge in [-0.1, -0.05) is 0 Å². The lowest BCUT2D eigenvalue weighted by Crippen LogP contribution is -2.37. The molecule has 0 aromatic heterocycles. The molecule has 9 nitrogen and oxygen atoms in total. The van der Waals surface area contributed by atoms with Crippen LogP contribution in [0.15, 0.2) is 48.5 Å². The second-order valence-corrected chi connectivity index (χ2v) is 8.34. The lowest BCUT2D eigenvalue weighted by molar-refractivity contribution is -0.126. The molecule has 9 heteroatoms. The van der Waals surface area contributed by atoms with E-state index in [-0.39, 0.29) is 42.8 Å². The Balaban J connectivity index is 1.24. The Morgan fingerprint density at radius 2 is 1.82 bits per heavy atom. The monoisotopic (exact) mass is 467 g/mol. The molecule has 0 saturated carbocycles. The predicted octanol–water partition coefficient (Wildman–Crippen LogP) is 2.36. The van der Waals surface area contributed by atoms with Crippen LogP contribution in [0, 0.1) is 5.92 Å². The SMILES string of the molecule is COc1ccc(NC(=O)COc2ccc(N3C[C@H](C(=O)NC[C@@H]4CCCO4)CC3=O)cc2)cc1. The van der Waals surface area contributed by atoms with Crippen molar-refractivity contribution >= 4 is 29.1 Å². The van der Waals surface area contributed by atoms with Gasteiger partial charge in [-0.3, -0.25) is 14.4 Å². The summed E-state index contributed by atoms with van der Waals surface area (Å²) >= 11 is 0. The first-order chi connectivity index (χ1) is 16.5. The molecular formula is C25H29N3O6. The summed E-state index contributed by atoms with van der Waals surface area (Å²) in [6, 6.07) is 13.9. The van der Waals surface area contributed by atoms with Crippen LogP contribution in [-0.4, -0.2) is 57.2 Å². The van der Waals surface area contributed by atoms with E-state index in [0.717, 1.165) is 19.4 Å². The zero-order valence-electron chi connectivity index (χ0n) is 19.1. The molecule has 0 radical (unpaired) electrons. The van der Waals surface area contributed by atoms with Crippen LogP contribution in [0.3, 0.4) is 0 Å². The molecule has 2 heterocycles. The Hall–Kier alpha value is -3.59. The quantitative estimate of drug-likeness (QED) is 0.587. The standard InChI is InChI=1S/C25H29N3O6/c1-32-20-8-4-18(5-9-20)27-23(29)16-34-21-10-6-19(7-11-21)28-15-17(13-24(28)30)25(31)26-14-22-3-2-12-33-22/h4-11,17,22H,2-3,12-16H2,1H3,(H,26,31)(H,27,29)/t17-,22+/m1/s1. The Morgan fingerprint density at radius 1 is 1.09 bits per heavy atom. The lowest BCUT2D eigenvalue weighted by Gasteiger charge is -2.18. The van der Waals surface area contributed by atoms with Gasteiger partial charge in [-0.15, -0.1) is 0 Å². The number of rotatable bonds is 9. The minimum absolute atomic E-state index is 0.0722. The molecule has 2 aliphatic rings. The number of carbonyl (C=O) groups excluding carboxylic acids is 3. The van der Waals surface area contributed by atoms with Crippen LogP contribution in [0.4, 0.5) is 11.4 Å². The van der Waals surface area contributed by atoms with Gasteiger partial charge < -0.3 is 29.7 Å². The van der Waals surface area contributed by atoms with E-state index >= 15 is 0 Å². The van der Waals surface area contributed by atoms with E-state index in [0.29, 0.717) is 36.0 Å². The number of amides is 3. The van der Waals surface area contributed by atoms with Crippen molar-refractivity contribution in [3.05, 3.63) is 48.5 Å². The van der Waals surface area contributed by atoms with Gasteiger partial charge in [0.1, 0.15) is 11.5 Å². The third-order valence-electron chi connectivity index (χ3n) is 5.92. The minimum atomic E-state index is -0.383. The average molecular weight is 468 g/mol. The van der Waals surface area contributed by atoms with E-state index in [4.69, 9.17) is 14.2 Å². The van der Waals surface area contributed by atoms with Crippen LogP contribution in [0.1, 0.15) is 19.3 Å². The van der Waals surface area contributed by atoms with Gasteiger partial charge in [0, 0.05) is 37.5 Å². The number of nitrogens with one attached hydrogen (secondary N) is 2. The molecule has 0 unspecified atom stereocenters. The maximum atomic E-state index is 12.5. The van der Waals surface area contributed by atoms with Crippen molar-refractivity contribution < 1.29 is 28.6 Å². The maximum absolute atomic E-state index is 12.5. The topological polar surface area (TPSA) is 106 Å². The number of anilines is 2. The van der Waals surface area contributed by atoms with Crippen molar-refractivity contribution in [1.29, 1.82) is 0 Å². The summed E-state index contributed by atoms with van der Waals surface area (Å²) in [6.45, 7) is 1.41. The van der Waals surface area contributed by atoms with E-state index in [1.807, 2.05) is 0 Å². The van der Waals surface area contributed by atoms with Crippen molar-refractivity contribution in [2.24, 2.45) is 5.92 Å². The second kappa shape index (κ2) is 11.0. The van der Waals surface area contributed by atoms with Crippen LogP contribution in [0.25, 0.3) is 0 Å². The Kier molecular flexibility index (Phi) is 7.64. The fourth-order valence-corrected chi connectivity index (χ4v) is 4.04.